The highest BCUT2D eigenvalue weighted by Gasteiger charge is 2.44. The van der Waals surface area contributed by atoms with Gasteiger partial charge in [-0.1, -0.05) is 121 Å². The van der Waals surface area contributed by atoms with Crippen molar-refractivity contribution in [1.29, 1.82) is 0 Å². The monoisotopic (exact) mass is 580 g/mol. The predicted molar refractivity (Wildman–Crippen MR) is 165 cm³/mol. The molecule has 0 spiro atoms. The van der Waals surface area contributed by atoms with Crippen molar-refractivity contribution in [3.05, 3.63) is 35.9 Å². The summed E-state index contributed by atoms with van der Waals surface area (Å²) in [5.41, 5.74) is 13.2. The van der Waals surface area contributed by atoms with Crippen molar-refractivity contribution in [2.45, 2.75) is 140 Å². The maximum Gasteiger partial charge on any atom is 0.175 e. The molecule has 8 heteroatoms. The van der Waals surface area contributed by atoms with Crippen LogP contribution in [0.25, 0.3) is 0 Å². The van der Waals surface area contributed by atoms with Gasteiger partial charge in [0, 0.05) is 20.3 Å². The van der Waals surface area contributed by atoms with Crippen LogP contribution in [0.4, 0.5) is 0 Å². The van der Waals surface area contributed by atoms with Crippen LogP contribution in [0.1, 0.15) is 102 Å². The topological polar surface area (TPSA) is 118 Å². The summed E-state index contributed by atoms with van der Waals surface area (Å²) in [5.74, 6) is 0. The Morgan fingerprint density at radius 1 is 0.829 bits per heavy atom. The second kappa shape index (κ2) is 23.4. The Bertz CT molecular complexity index is 725. The van der Waals surface area contributed by atoms with Crippen LogP contribution < -0.4 is 11.5 Å². The van der Waals surface area contributed by atoms with E-state index in [4.69, 9.17) is 35.2 Å². The van der Waals surface area contributed by atoms with E-state index in [1.807, 2.05) is 30.3 Å². The Balaban J connectivity index is 1.51. The highest BCUT2D eigenvalue weighted by Crippen LogP contribution is 2.24. The molecule has 0 unspecified atom stereocenters. The fourth-order valence-corrected chi connectivity index (χ4v) is 5.25. The lowest BCUT2D eigenvalue weighted by Crippen LogP contribution is -2.64. The molecule has 1 aromatic rings. The van der Waals surface area contributed by atoms with Crippen LogP contribution in [0, 0.1) is 0 Å². The molecule has 1 aliphatic heterocycles. The number of hydrogen-bond acceptors (Lipinski definition) is 8. The molecule has 2 rings (SSSR count). The van der Waals surface area contributed by atoms with Gasteiger partial charge in [-0.05, 0) is 12.0 Å². The lowest BCUT2D eigenvalue weighted by atomic mass is 9.97. The van der Waals surface area contributed by atoms with Crippen LogP contribution in [0.2, 0.25) is 0 Å². The maximum absolute atomic E-state index is 10.8. The number of benzene rings is 1. The molecule has 0 bridgehead atoms. The third-order valence-electron chi connectivity index (χ3n) is 7.96. The average Bonchev–Trinajstić information content (AvgIpc) is 3.00. The fourth-order valence-electron chi connectivity index (χ4n) is 5.25. The maximum atomic E-state index is 10.8. The third-order valence-corrected chi connectivity index (χ3v) is 7.96. The summed E-state index contributed by atoms with van der Waals surface area (Å²) in [7, 11) is 1.64. The first-order chi connectivity index (χ1) is 20.1. The third kappa shape index (κ3) is 15.3. The van der Waals surface area contributed by atoms with Crippen molar-refractivity contribution in [1.82, 2.24) is 0 Å². The summed E-state index contributed by atoms with van der Waals surface area (Å²) in [5, 5.41) is 10.8. The van der Waals surface area contributed by atoms with E-state index in [1.54, 1.807) is 7.11 Å². The Labute approximate surface area is 249 Å². The second-order valence-electron chi connectivity index (χ2n) is 11.5. The normalized spacial score (nSPS) is 23.6. The fraction of sp³-hybridized carbons (Fsp3) is 0.818. The van der Waals surface area contributed by atoms with Gasteiger partial charge >= 0.3 is 0 Å². The highest BCUT2D eigenvalue weighted by atomic mass is 16.7. The molecular weight excluding hydrogens is 520 g/mol. The van der Waals surface area contributed by atoms with Gasteiger partial charge in [-0.15, -0.1) is 0 Å². The molecule has 1 aliphatic rings. The number of unbranched alkanes of at least 4 members (excludes halogenated alkanes) is 13. The molecular formula is C33H60N2O6. The quantitative estimate of drug-likeness (QED) is 0.130. The number of aliphatic hydroxyl groups is 1. The van der Waals surface area contributed by atoms with E-state index in [-0.39, 0.29) is 19.3 Å². The largest absolute Gasteiger partial charge is 0.388 e. The van der Waals surface area contributed by atoms with E-state index in [9.17, 15) is 5.11 Å². The van der Waals surface area contributed by atoms with Gasteiger partial charge in [0.1, 0.15) is 24.4 Å². The Morgan fingerprint density at radius 2 is 1.41 bits per heavy atom. The Hall–Kier alpha value is -1.10. The first-order valence-electron chi connectivity index (χ1n) is 16.3. The molecule has 1 aromatic carbocycles. The zero-order valence-corrected chi connectivity index (χ0v) is 25.9. The smallest absolute Gasteiger partial charge is 0.175 e. The molecule has 1 saturated heterocycles. The van der Waals surface area contributed by atoms with E-state index in [1.165, 1.54) is 83.5 Å². The van der Waals surface area contributed by atoms with Crippen LogP contribution in [0.3, 0.4) is 0 Å². The lowest BCUT2D eigenvalue weighted by Gasteiger charge is -2.43. The van der Waals surface area contributed by atoms with Gasteiger partial charge in [-0.25, -0.2) is 0 Å². The van der Waals surface area contributed by atoms with Crippen LogP contribution in [-0.2, 0) is 30.3 Å². The minimum atomic E-state index is -0.969. The number of methoxy groups -OCH3 is 1. The summed E-state index contributed by atoms with van der Waals surface area (Å²) in [4.78, 5) is 0. The summed E-state index contributed by atoms with van der Waals surface area (Å²) in [6.45, 7) is 4.18. The van der Waals surface area contributed by atoms with Crippen LogP contribution >= 0.6 is 0 Å². The SMILES string of the molecule is CCCCCCCCCCCCCCCCOC[C@H](CO[C@@H]1O[C@H](CN)[C@@H](OCc2ccccc2)[C@H](O)[C@H]1N)OC. The van der Waals surface area contributed by atoms with Crippen molar-refractivity contribution in [3.8, 4) is 0 Å². The minimum absolute atomic E-state index is 0.180. The highest BCUT2D eigenvalue weighted by molar-refractivity contribution is 5.13. The van der Waals surface area contributed by atoms with Gasteiger partial charge in [0.05, 0.1) is 25.9 Å². The number of rotatable bonds is 25. The molecule has 0 saturated carbocycles. The number of hydrogen-bond donors (Lipinski definition) is 3. The van der Waals surface area contributed by atoms with E-state index in [0.29, 0.717) is 19.8 Å². The number of ether oxygens (including phenoxy) is 5. The minimum Gasteiger partial charge on any atom is -0.388 e. The summed E-state index contributed by atoms with van der Waals surface area (Å²) in [6.07, 6.45) is 15.6. The molecule has 0 aromatic heterocycles. The zero-order valence-electron chi connectivity index (χ0n) is 25.9. The first-order valence-corrected chi connectivity index (χ1v) is 16.3. The van der Waals surface area contributed by atoms with Gasteiger partial charge in [-0.2, -0.15) is 0 Å². The van der Waals surface area contributed by atoms with Crippen molar-refractivity contribution in [2.24, 2.45) is 11.5 Å². The van der Waals surface area contributed by atoms with Gasteiger partial charge < -0.3 is 40.3 Å². The number of nitrogens with two attached hydrogens (primary N) is 2. The van der Waals surface area contributed by atoms with Crippen molar-refractivity contribution >= 4 is 0 Å². The predicted octanol–water partition coefficient (Wildman–Crippen LogP) is 5.47. The molecule has 0 radical (unpaired) electrons. The van der Waals surface area contributed by atoms with Gasteiger partial charge in [0.15, 0.2) is 6.29 Å². The average molecular weight is 581 g/mol. The standard InChI is InChI=1S/C33H60N2O6/c1-3-4-5-6-7-8-9-10-11-12-13-14-15-19-22-38-25-28(37-2)26-40-33-30(35)31(36)32(29(23-34)41-33)39-24-27-20-17-16-18-21-27/h16-18,20-21,28-33,36H,3-15,19,22-26,34-35H2,1-2H3/t28-,29-,30-,31-,32-,33-/m1/s1. The van der Waals surface area contributed by atoms with Crippen molar-refractivity contribution in [2.75, 3.05) is 33.5 Å². The van der Waals surface area contributed by atoms with Crippen LogP contribution in [0.5, 0.6) is 0 Å². The molecule has 1 fully saturated rings. The molecule has 6 atom stereocenters. The number of aliphatic hydroxyl groups excluding tert-OH is 1. The second-order valence-corrected chi connectivity index (χ2v) is 11.5. The van der Waals surface area contributed by atoms with E-state index in [0.717, 1.165) is 12.0 Å². The Kier molecular flexibility index (Phi) is 20.6. The van der Waals surface area contributed by atoms with Crippen molar-refractivity contribution < 1.29 is 28.8 Å². The zero-order chi connectivity index (χ0) is 29.5. The molecule has 41 heavy (non-hydrogen) atoms. The molecule has 5 N–H and O–H groups in total. The molecule has 0 amide bonds. The Morgan fingerprint density at radius 3 is 1.98 bits per heavy atom. The molecule has 1 heterocycles. The van der Waals surface area contributed by atoms with Crippen LogP contribution in [0.15, 0.2) is 30.3 Å². The summed E-state index contributed by atoms with van der Waals surface area (Å²) in [6, 6.07) is 8.99. The molecule has 0 aliphatic carbocycles. The molecule has 238 valence electrons. The lowest BCUT2D eigenvalue weighted by molar-refractivity contribution is -0.273. The van der Waals surface area contributed by atoms with Crippen molar-refractivity contribution in [3.63, 3.8) is 0 Å². The van der Waals surface area contributed by atoms with Gasteiger partial charge in [0.25, 0.3) is 0 Å². The van der Waals surface area contributed by atoms with E-state index >= 15 is 0 Å². The van der Waals surface area contributed by atoms with Gasteiger partial charge in [0.2, 0.25) is 0 Å². The summed E-state index contributed by atoms with van der Waals surface area (Å²) < 4.78 is 29.2. The first kappa shape index (κ1) is 36.1. The van der Waals surface area contributed by atoms with Gasteiger partial charge in [-0.3, -0.25) is 0 Å². The van der Waals surface area contributed by atoms with E-state index < -0.39 is 30.6 Å². The van der Waals surface area contributed by atoms with E-state index in [2.05, 4.69) is 6.92 Å². The van der Waals surface area contributed by atoms with Crippen LogP contribution in [-0.4, -0.2) is 75.3 Å². The summed E-state index contributed by atoms with van der Waals surface area (Å²) >= 11 is 0. The molecule has 8 nitrogen and oxygen atoms in total.